The highest BCUT2D eigenvalue weighted by Crippen LogP contribution is 2.24. The smallest absolute Gasteiger partial charge is 0.348 e. The molecule has 4 nitrogen and oxygen atoms in total. The fourth-order valence-electron chi connectivity index (χ4n) is 1.32. The van der Waals surface area contributed by atoms with E-state index in [-0.39, 0.29) is 18.7 Å². The van der Waals surface area contributed by atoms with E-state index in [0.717, 1.165) is 10.1 Å². The zero-order valence-electron chi connectivity index (χ0n) is 9.67. The summed E-state index contributed by atoms with van der Waals surface area (Å²) >= 11 is 1.39. The van der Waals surface area contributed by atoms with Crippen molar-refractivity contribution in [1.29, 1.82) is 0 Å². The molecule has 0 N–H and O–H groups in total. The van der Waals surface area contributed by atoms with E-state index in [1.807, 2.05) is 19.1 Å². The quantitative estimate of drug-likeness (QED) is 0.783. The third kappa shape index (κ3) is 2.81. The van der Waals surface area contributed by atoms with E-state index in [9.17, 15) is 4.79 Å². The molecule has 0 bridgehead atoms. The first-order valence-electron chi connectivity index (χ1n) is 5.24. The van der Waals surface area contributed by atoms with Crippen molar-refractivity contribution in [3.8, 4) is 0 Å². The number of pyridine rings is 1. The van der Waals surface area contributed by atoms with Crippen LogP contribution >= 0.6 is 11.3 Å². The molecule has 0 saturated heterocycles. The van der Waals surface area contributed by atoms with Gasteiger partial charge in [-0.3, -0.25) is 4.98 Å². The van der Waals surface area contributed by atoms with Crippen LogP contribution in [0.1, 0.15) is 16.6 Å². The number of hydrogen-bond donors (Lipinski definition) is 0. The van der Waals surface area contributed by atoms with E-state index in [1.165, 1.54) is 11.3 Å². The van der Waals surface area contributed by atoms with Crippen LogP contribution in [-0.4, -0.2) is 30.8 Å². The van der Waals surface area contributed by atoms with E-state index in [4.69, 9.17) is 9.47 Å². The second kappa shape index (κ2) is 5.25. The summed E-state index contributed by atoms with van der Waals surface area (Å²) in [4.78, 5) is 16.4. The fourth-order valence-corrected chi connectivity index (χ4v) is 2.24. The third-order valence-corrected chi connectivity index (χ3v) is 3.44. The normalized spacial score (nSPS) is 12.6. The molecule has 1 atom stereocenters. The van der Waals surface area contributed by atoms with Crippen molar-refractivity contribution in [1.82, 2.24) is 4.98 Å². The number of fused-ring (bicyclic) bond motifs is 1. The minimum Gasteiger partial charge on any atom is -0.459 e. The molecule has 0 amide bonds. The van der Waals surface area contributed by atoms with E-state index < -0.39 is 0 Å². The molecule has 2 heterocycles. The van der Waals surface area contributed by atoms with Gasteiger partial charge < -0.3 is 9.47 Å². The second-order valence-electron chi connectivity index (χ2n) is 3.67. The molecule has 0 aliphatic rings. The lowest BCUT2D eigenvalue weighted by atomic mass is 10.3. The number of ether oxygens (including phenoxy) is 2. The summed E-state index contributed by atoms with van der Waals surface area (Å²) < 4.78 is 11.1. The molecule has 0 spiro atoms. The number of rotatable bonds is 4. The molecule has 2 rings (SSSR count). The van der Waals surface area contributed by atoms with Gasteiger partial charge in [0.1, 0.15) is 11.5 Å². The van der Waals surface area contributed by atoms with Gasteiger partial charge in [-0.2, -0.15) is 0 Å². The van der Waals surface area contributed by atoms with E-state index >= 15 is 0 Å². The lowest BCUT2D eigenvalue weighted by molar-refractivity contribution is 0.0173. The molecule has 5 heteroatoms. The van der Waals surface area contributed by atoms with Crippen molar-refractivity contribution in [2.75, 3.05) is 13.7 Å². The van der Waals surface area contributed by atoms with Crippen LogP contribution < -0.4 is 0 Å². The second-order valence-corrected chi connectivity index (χ2v) is 4.75. The molecule has 17 heavy (non-hydrogen) atoms. The van der Waals surface area contributed by atoms with Crippen molar-refractivity contribution in [2.45, 2.75) is 13.0 Å². The van der Waals surface area contributed by atoms with E-state index in [2.05, 4.69) is 4.98 Å². The summed E-state index contributed by atoms with van der Waals surface area (Å²) in [5.74, 6) is -0.310. The predicted octanol–water partition coefficient (Wildman–Crippen LogP) is 2.49. The zero-order valence-corrected chi connectivity index (χ0v) is 10.5. The first kappa shape index (κ1) is 12.0. The highest BCUT2D eigenvalue weighted by molar-refractivity contribution is 7.20. The van der Waals surface area contributed by atoms with Gasteiger partial charge in [-0.05, 0) is 24.4 Å². The molecule has 1 unspecified atom stereocenters. The Bertz CT molecular complexity index is 490. The largest absolute Gasteiger partial charge is 0.459 e. The Labute approximate surface area is 103 Å². The van der Waals surface area contributed by atoms with Crippen LogP contribution in [0.2, 0.25) is 0 Å². The Morgan fingerprint density at radius 1 is 1.59 bits per heavy atom. The van der Waals surface area contributed by atoms with Gasteiger partial charge in [0.25, 0.3) is 0 Å². The lowest BCUT2D eigenvalue weighted by Crippen LogP contribution is -2.16. The maximum atomic E-state index is 11.7. The summed E-state index contributed by atoms with van der Waals surface area (Å²) in [7, 11) is 1.59. The predicted molar refractivity (Wildman–Crippen MR) is 66.4 cm³/mol. The Kier molecular flexibility index (Phi) is 3.71. The van der Waals surface area contributed by atoms with Crippen molar-refractivity contribution in [2.24, 2.45) is 0 Å². The number of aromatic nitrogens is 1. The van der Waals surface area contributed by atoms with Crippen LogP contribution in [0.3, 0.4) is 0 Å². The molecule has 2 aromatic heterocycles. The summed E-state index contributed by atoms with van der Waals surface area (Å²) in [6.07, 6.45) is 3.36. The number of carbonyl (C=O) groups excluding carboxylic acids is 1. The maximum absolute atomic E-state index is 11.7. The van der Waals surface area contributed by atoms with Gasteiger partial charge in [0, 0.05) is 19.5 Å². The van der Waals surface area contributed by atoms with Gasteiger partial charge >= 0.3 is 5.97 Å². The summed E-state index contributed by atoms with van der Waals surface area (Å²) in [6, 6.07) is 3.70. The molecule has 0 saturated carbocycles. The van der Waals surface area contributed by atoms with Gasteiger partial charge in [-0.1, -0.05) is 0 Å². The van der Waals surface area contributed by atoms with Crippen LogP contribution in [0.15, 0.2) is 24.5 Å². The van der Waals surface area contributed by atoms with Gasteiger partial charge in [-0.25, -0.2) is 4.79 Å². The summed E-state index contributed by atoms with van der Waals surface area (Å²) in [6.45, 7) is 2.12. The van der Waals surface area contributed by atoms with Gasteiger partial charge in [0.15, 0.2) is 0 Å². The number of carbonyl (C=O) groups is 1. The molecular weight excluding hydrogens is 238 g/mol. The van der Waals surface area contributed by atoms with E-state index in [1.54, 1.807) is 19.5 Å². The molecule has 0 aliphatic heterocycles. The maximum Gasteiger partial charge on any atom is 0.348 e. The van der Waals surface area contributed by atoms with Crippen molar-refractivity contribution in [3.63, 3.8) is 0 Å². The average Bonchev–Trinajstić information content (AvgIpc) is 2.79. The first-order chi connectivity index (χ1) is 8.20. The molecule has 0 aliphatic carbocycles. The number of esters is 1. The Morgan fingerprint density at radius 2 is 2.41 bits per heavy atom. The minimum absolute atomic E-state index is 0.0880. The molecular formula is C12H13NO3S. The van der Waals surface area contributed by atoms with Crippen LogP contribution in [0.5, 0.6) is 0 Å². The average molecular weight is 251 g/mol. The topological polar surface area (TPSA) is 48.4 Å². The fraction of sp³-hybridized carbons (Fsp3) is 0.333. The van der Waals surface area contributed by atoms with Gasteiger partial charge in [-0.15, -0.1) is 11.3 Å². The standard InChI is InChI=1S/C12H13NO3S/c1-8(15-2)7-16-12(14)10-5-9-3-4-13-6-11(9)17-10/h3-6,8H,7H2,1-2H3. The minimum atomic E-state index is -0.310. The van der Waals surface area contributed by atoms with Crippen molar-refractivity contribution < 1.29 is 14.3 Å². The van der Waals surface area contributed by atoms with Crippen molar-refractivity contribution in [3.05, 3.63) is 29.4 Å². The van der Waals surface area contributed by atoms with Crippen LogP contribution in [0.4, 0.5) is 0 Å². The summed E-state index contributed by atoms with van der Waals surface area (Å²) in [5.41, 5.74) is 0. The molecule has 0 radical (unpaired) electrons. The summed E-state index contributed by atoms with van der Waals surface area (Å²) in [5, 5.41) is 1.01. The number of nitrogens with zero attached hydrogens (tertiary/aromatic N) is 1. The molecule has 2 aromatic rings. The first-order valence-corrected chi connectivity index (χ1v) is 6.06. The van der Waals surface area contributed by atoms with E-state index in [0.29, 0.717) is 4.88 Å². The van der Waals surface area contributed by atoms with Crippen molar-refractivity contribution >= 4 is 27.4 Å². The number of thiophene rings is 1. The molecule has 0 fully saturated rings. The molecule has 90 valence electrons. The van der Waals surface area contributed by atoms with Gasteiger partial charge in [0.05, 0.1) is 10.8 Å². The van der Waals surface area contributed by atoms with Crippen LogP contribution in [0, 0.1) is 0 Å². The van der Waals surface area contributed by atoms with Gasteiger partial charge in [0.2, 0.25) is 0 Å². The Morgan fingerprint density at radius 3 is 3.12 bits per heavy atom. The Hall–Kier alpha value is -1.46. The highest BCUT2D eigenvalue weighted by Gasteiger charge is 2.12. The SMILES string of the molecule is COC(C)COC(=O)c1cc2ccncc2s1. The van der Waals surface area contributed by atoms with Crippen LogP contribution in [-0.2, 0) is 9.47 Å². The Balaban J connectivity index is 2.08. The monoisotopic (exact) mass is 251 g/mol. The lowest BCUT2D eigenvalue weighted by Gasteiger charge is -2.08. The van der Waals surface area contributed by atoms with Crippen LogP contribution in [0.25, 0.3) is 10.1 Å². The molecule has 0 aromatic carbocycles. The third-order valence-electron chi connectivity index (χ3n) is 2.38. The number of methoxy groups -OCH3 is 1. The highest BCUT2D eigenvalue weighted by atomic mass is 32.1. The number of hydrogen-bond acceptors (Lipinski definition) is 5. The zero-order chi connectivity index (χ0) is 12.3.